The van der Waals surface area contributed by atoms with Crippen LogP contribution in [0.15, 0.2) is 41.0 Å². The number of nitrogens with zero attached hydrogens (tertiary/aromatic N) is 3. The summed E-state index contributed by atoms with van der Waals surface area (Å²) in [7, 11) is 1.66. The predicted octanol–water partition coefficient (Wildman–Crippen LogP) is 3.62. The van der Waals surface area contributed by atoms with Crippen LogP contribution < -0.4 is 4.90 Å². The summed E-state index contributed by atoms with van der Waals surface area (Å²) >= 11 is 0. The van der Waals surface area contributed by atoms with Gasteiger partial charge in [0.2, 0.25) is 0 Å². The number of anilines is 1. The first-order valence-corrected chi connectivity index (χ1v) is 8.33. The van der Waals surface area contributed by atoms with Crippen molar-refractivity contribution in [3.8, 4) is 0 Å². The molecule has 0 bridgehead atoms. The van der Waals surface area contributed by atoms with Crippen LogP contribution >= 0.6 is 0 Å². The number of hydrogen-bond donors (Lipinski definition) is 0. The molecule has 1 aromatic carbocycles. The van der Waals surface area contributed by atoms with Crippen LogP contribution in [0.1, 0.15) is 41.9 Å². The van der Waals surface area contributed by atoms with Gasteiger partial charge in [0.05, 0.1) is 17.2 Å². The third-order valence-electron chi connectivity index (χ3n) is 4.72. The van der Waals surface area contributed by atoms with Gasteiger partial charge >= 0.3 is 0 Å². The highest BCUT2D eigenvalue weighted by atomic mass is 16.6. The molecule has 0 spiro atoms. The van der Waals surface area contributed by atoms with E-state index in [2.05, 4.69) is 0 Å². The molecule has 2 heterocycles. The van der Waals surface area contributed by atoms with E-state index >= 15 is 0 Å². The van der Waals surface area contributed by atoms with Gasteiger partial charge in [0, 0.05) is 31.8 Å². The highest BCUT2D eigenvalue weighted by Gasteiger charge is 2.26. The third kappa shape index (κ3) is 3.35. The maximum atomic E-state index is 12.7. The Morgan fingerprint density at radius 1 is 1.32 bits per heavy atom. The Hall–Kier alpha value is -2.83. The largest absolute Gasteiger partial charge is 0.467 e. The smallest absolute Gasteiger partial charge is 0.293 e. The van der Waals surface area contributed by atoms with Gasteiger partial charge in [-0.05, 0) is 44.0 Å². The second kappa shape index (κ2) is 6.96. The summed E-state index contributed by atoms with van der Waals surface area (Å²) < 4.78 is 5.34. The molecule has 2 aromatic rings. The molecule has 7 nitrogen and oxygen atoms in total. The molecule has 1 aromatic heterocycles. The average molecular weight is 343 g/mol. The Labute approximate surface area is 146 Å². The lowest BCUT2D eigenvalue weighted by molar-refractivity contribution is -0.384. The van der Waals surface area contributed by atoms with Crippen LogP contribution in [0.5, 0.6) is 0 Å². The van der Waals surface area contributed by atoms with Crippen LogP contribution in [0.3, 0.4) is 0 Å². The second-order valence-corrected chi connectivity index (χ2v) is 6.26. The summed E-state index contributed by atoms with van der Waals surface area (Å²) in [4.78, 5) is 27.3. The molecule has 0 N–H and O–H groups in total. The van der Waals surface area contributed by atoms with Crippen molar-refractivity contribution in [2.45, 2.75) is 25.8 Å². The molecule has 1 aliphatic rings. The van der Waals surface area contributed by atoms with E-state index in [-0.39, 0.29) is 17.6 Å². The number of hydrogen-bond acceptors (Lipinski definition) is 5. The molecule has 7 heteroatoms. The van der Waals surface area contributed by atoms with Gasteiger partial charge in [-0.25, -0.2) is 0 Å². The van der Waals surface area contributed by atoms with Gasteiger partial charge in [0.15, 0.2) is 0 Å². The van der Waals surface area contributed by atoms with E-state index in [1.807, 2.05) is 11.8 Å². The number of nitro benzene ring substituents is 1. The van der Waals surface area contributed by atoms with E-state index in [0.29, 0.717) is 17.0 Å². The minimum absolute atomic E-state index is 0.0215. The van der Waals surface area contributed by atoms with E-state index in [4.69, 9.17) is 4.42 Å². The summed E-state index contributed by atoms with van der Waals surface area (Å²) in [6.07, 6.45) is 3.61. The maximum absolute atomic E-state index is 12.7. The monoisotopic (exact) mass is 343 g/mol. The lowest BCUT2D eigenvalue weighted by Gasteiger charge is -2.24. The number of carbonyl (C=O) groups is 1. The number of amides is 1. The van der Waals surface area contributed by atoms with Crippen molar-refractivity contribution < 1.29 is 14.1 Å². The predicted molar refractivity (Wildman–Crippen MR) is 93.8 cm³/mol. The van der Waals surface area contributed by atoms with E-state index in [1.54, 1.807) is 37.6 Å². The number of benzene rings is 1. The zero-order valence-electron chi connectivity index (χ0n) is 14.3. The minimum atomic E-state index is -0.416. The topological polar surface area (TPSA) is 79.8 Å². The zero-order valence-corrected chi connectivity index (χ0v) is 14.3. The van der Waals surface area contributed by atoms with Gasteiger partial charge in [-0.2, -0.15) is 0 Å². The summed E-state index contributed by atoms with van der Waals surface area (Å²) in [5.41, 5.74) is 0.864. The van der Waals surface area contributed by atoms with Gasteiger partial charge in [-0.1, -0.05) is 0 Å². The van der Waals surface area contributed by atoms with Crippen LogP contribution in [0, 0.1) is 10.1 Å². The Bertz CT molecular complexity index is 767. The number of nitro groups is 1. The number of carbonyl (C=O) groups excluding carboxylic acids is 1. The average Bonchev–Trinajstić information content (AvgIpc) is 3.32. The molecule has 1 aliphatic heterocycles. The van der Waals surface area contributed by atoms with Crippen molar-refractivity contribution in [2.75, 3.05) is 25.0 Å². The van der Waals surface area contributed by atoms with Crippen LogP contribution in [0.25, 0.3) is 0 Å². The van der Waals surface area contributed by atoms with Crippen LogP contribution in [0.4, 0.5) is 11.4 Å². The molecule has 1 saturated heterocycles. The van der Waals surface area contributed by atoms with Crippen molar-refractivity contribution in [3.63, 3.8) is 0 Å². The quantitative estimate of drug-likeness (QED) is 0.612. The Balaban J connectivity index is 1.87. The number of furan rings is 1. The summed E-state index contributed by atoms with van der Waals surface area (Å²) in [6.45, 7) is 3.47. The first kappa shape index (κ1) is 17.0. The molecule has 25 heavy (non-hydrogen) atoms. The molecule has 0 aliphatic carbocycles. The molecule has 1 atom stereocenters. The van der Waals surface area contributed by atoms with E-state index in [1.165, 1.54) is 11.0 Å². The molecule has 132 valence electrons. The lowest BCUT2D eigenvalue weighted by atomic mass is 10.1. The van der Waals surface area contributed by atoms with E-state index in [9.17, 15) is 14.9 Å². The van der Waals surface area contributed by atoms with Crippen LogP contribution in [-0.2, 0) is 0 Å². The first-order valence-electron chi connectivity index (χ1n) is 8.33. The van der Waals surface area contributed by atoms with E-state index in [0.717, 1.165) is 25.9 Å². The highest BCUT2D eigenvalue weighted by molar-refractivity contribution is 5.96. The third-order valence-corrected chi connectivity index (χ3v) is 4.72. The first-order chi connectivity index (χ1) is 12.0. The van der Waals surface area contributed by atoms with Crippen molar-refractivity contribution in [2.24, 2.45) is 0 Å². The van der Waals surface area contributed by atoms with Gasteiger partial charge in [0.1, 0.15) is 11.4 Å². The Morgan fingerprint density at radius 3 is 2.64 bits per heavy atom. The molecular formula is C18H21N3O4. The normalized spacial score (nSPS) is 15.2. The zero-order chi connectivity index (χ0) is 18.0. The van der Waals surface area contributed by atoms with Crippen LogP contribution in [-0.4, -0.2) is 35.9 Å². The van der Waals surface area contributed by atoms with Gasteiger partial charge in [-0.15, -0.1) is 0 Å². The standard InChI is InChI=1S/C18H21N3O4/c1-13(17-6-5-11-25-17)19(2)18(22)14-7-8-15(16(12-14)21(23)24)20-9-3-4-10-20/h5-8,11-13H,3-4,9-10H2,1-2H3. The number of rotatable bonds is 5. The molecule has 1 unspecified atom stereocenters. The minimum Gasteiger partial charge on any atom is -0.467 e. The highest BCUT2D eigenvalue weighted by Crippen LogP contribution is 2.32. The summed E-state index contributed by atoms with van der Waals surface area (Å²) in [6, 6.07) is 8.02. The fourth-order valence-corrected chi connectivity index (χ4v) is 3.13. The fraction of sp³-hybridized carbons (Fsp3) is 0.389. The van der Waals surface area contributed by atoms with Crippen LogP contribution in [0.2, 0.25) is 0 Å². The molecule has 1 amide bonds. The molecule has 0 saturated carbocycles. The molecule has 3 rings (SSSR count). The summed E-state index contributed by atoms with van der Waals surface area (Å²) in [5.74, 6) is 0.388. The SMILES string of the molecule is CC(c1ccco1)N(C)C(=O)c1ccc(N2CCCC2)c([N+](=O)[O-])c1. The summed E-state index contributed by atoms with van der Waals surface area (Å²) in [5, 5.41) is 11.5. The Kier molecular flexibility index (Phi) is 4.74. The van der Waals surface area contributed by atoms with Gasteiger partial charge in [-0.3, -0.25) is 14.9 Å². The molecule has 0 radical (unpaired) electrons. The lowest BCUT2D eigenvalue weighted by Crippen LogP contribution is -2.29. The van der Waals surface area contributed by atoms with Crippen molar-refractivity contribution in [3.05, 3.63) is 58.0 Å². The molecule has 1 fully saturated rings. The van der Waals surface area contributed by atoms with Gasteiger partial charge in [0.25, 0.3) is 11.6 Å². The second-order valence-electron chi connectivity index (χ2n) is 6.26. The van der Waals surface area contributed by atoms with E-state index < -0.39 is 4.92 Å². The van der Waals surface area contributed by atoms with Crippen molar-refractivity contribution in [1.82, 2.24) is 4.90 Å². The van der Waals surface area contributed by atoms with Crippen molar-refractivity contribution in [1.29, 1.82) is 0 Å². The fourth-order valence-electron chi connectivity index (χ4n) is 3.13. The van der Waals surface area contributed by atoms with Gasteiger partial charge < -0.3 is 14.2 Å². The maximum Gasteiger partial charge on any atom is 0.293 e. The molecular weight excluding hydrogens is 322 g/mol. The van der Waals surface area contributed by atoms with Crippen molar-refractivity contribution >= 4 is 17.3 Å². The Morgan fingerprint density at radius 2 is 2.04 bits per heavy atom.